The summed E-state index contributed by atoms with van der Waals surface area (Å²) in [6.07, 6.45) is 1.66. The summed E-state index contributed by atoms with van der Waals surface area (Å²) in [4.78, 5) is 16.8. The van der Waals surface area contributed by atoms with Gasteiger partial charge in [-0.1, -0.05) is 29.8 Å². The minimum absolute atomic E-state index is 0.140. The summed E-state index contributed by atoms with van der Waals surface area (Å²) in [5.74, 6) is 0.604. The Hall–Kier alpha value is -2.13. The van der Waals surface area contributed by atoms with Gasteiger partial charge in [0.25, 0.3) is 5.56 Å². The third-order valence-electron chi connectivity index (χ3n) is 3.06. The van der Waals surface area contributed by atoms with E-state index < -0.39 is 0 Å². The quantitative estimate of drug-likeness (QED) is 0.680. The van der Waals surface area contributed by atoms with Gasteiger partial charge in [-0.25, -0.2) is 4.98 Å². The number of nitrogens with zero attached hydrogens (tertiary/aromatic N) is 2. The second-order valence-electron chi connectivity index (χ2n) is 4.32. The average molecular weight is 271 g/mol. The van der Waals surface area contributed by atoms with E-state index in [2.05, 4.69) is 4.98 Å². The molecule has 2 aromatic heterocycles. The third-order valence-corrected chi connectivity index (χ3v) is 3.37. The number of hydrogen-bond donors (Lipinski definition) is 0. The van der Waals surface area contributed by atoms with Crippen molar-refractivity contribution in [2.24, 2.45) is 0 Å². The van der Waals surface area contributed by atoms with Crippen LogP contribution in [-0.2, 0) is 0 Å². The minimum atomic E-state index is -0.140. The fraction of sp³-hybridized carbons (Fsp3) is 0.0667. The predicted molar refractivity (Wildman–Crippen MR) is 77.1 cm³/mol. The predicted octanol–water partition coefficient (Wildman–Crippen LogP) is 3.35. The SMILES string of the molecule is Cc1cc2cccc(Cl)c2c(=O)n1-c1ccccn1. The lowest BCUT2D eigenvalue weighted by molar-refractivity contribution is 0.909. The summed E-state index contributed by atoms with van der Waals surface area (Å²) in [5.41, 5.74) is 0.692. The normalized spacial score (nSPS) is 10.8. The molecule has 0 saturated carbocycles. The van der Waals surface area contributed by atoms with Crippen molar-refractivity contribution in [3.05, 3.63) is 69.7 Å². The van der Waals surface area contributed by atoms with Crippen molar-refractivity contribution in [1.82, 2.24) is 9.55 Å². The van der Waals surface area contributed by atoms with Crippen LogP contribution in [0.3, 0.4) is 0 Å². The summed E-state index contributed by atoms with van der Waals surface area (Å²) in [6.45, 7) is 1.89. The molecule has 0 aliphatic heterocycles. The van der Waals surface area contributed by atoms with Crippen molar-refractivity contribution in [1.29, 1.82) is 0 Å². The van der Waals surface area contributed by atoms with Crippen molar-refractivity contribution in [3.8, 4) is 5.82 Å². The first kappa shape index (κ1) is 11.9. The van der Waals surface area contributed by atoms with Crippen LogP contribution < -0.4 is 5.56 Å². The minimum Gasteiger partial charge on any atom is -0.268 e. The molecule has 94 valence electrons. The molecule has 0 saturated heterocycles. The topological polar surface area (TPSA) is 34.9 Å². The van der Waals surface area contributed by atoms with Crippen LogP contribution in [0.2, 0.25) is 5.02 Å². The molecule has 0 aliphatic rings. The van der Waals surface area contributed by atoms with Crippen molar-refractivity contribution in [2.75, 3.05) is 0 Å². The van der Waals surface area contributed by atoms with Gasteiger partial charge in [-0.05, 0) is 36.6 Å². The van der Waals surface area contributed by atoms with Crippen molar-refractivity contribution >= 4 is 22.4 Å². The molecule has 3 aromatic rings. The van der Waals surface area contributed by atoms with E-state index in [0.717, 1.165) is 11.1 Å². The van der Waals surface area contributed by atoms with Crippen LogP contribution in [0.4, 0.5) is 0 Å². The molecule has 4 heteroatoms. The maximum Gasteiger partial charge on any atom is 0.265 e. The molecular weight excluding hydrogens is 260 g/mol. The van der Waals surface area contributed by atoms with Crippen LogP contribution in [-0.4, -0.2) is 9.55 Å². The standard InChI is InChI=1S/C15H11ClN2O/c1-10-9-11-5-4-6-12(16)14(11)15(19)18(10)13-7-2-3-8-17-13/h2-9H,1H3. The maximum absolute atomic E-state index is 12.6. The van der Waals surface area contributed by atoms with E-state index in [1.165, 1.54) is 0 Å². The highest BCUT2D eigenvalue weighted by Crippen LogP contribution is 2.21. The van der Waals surface area contributed by atoms with E-state index in [1.807, 2.05) is 37.3 Å². The number of fused-ring (bicyclic) bond motifs is 1. The molecule has 3 nitrogen and oxygen atoms in total. The smallest absolute Gasteiger partial charge is 0.265 e. The summed E-state index contributed by atoms with van der Waals surface area (Å²) >= 11 is 6.14. The Bertz CT molecular complexity index is 809. The van der Waals surface area contributed by atoms with Crippen molar-refractivity contribution < 1.29 is 0 Å². The van der Waals surface area contributed by atoms with Gasteiger partial charge in [-0.2, -0.15) is 0 Å². The van der Waals surface area contributed by atoms with Crippen LogP contribution >= 0.6 is 11.6 Å². The lowest BCUT2D eigenvalue weighted by Gasteiger charge is -2.11. The Labute approximate surface area is 115 Å². The second-order valence-corrected chi connectivity index (χ2v) is 4.73. The molecule has 0 N–H and O–H groups in total. The molecule has 0 amide bonds. The van der Waals surface area contributed by atoms with E-state index in [9.17, 15) is 4.79 Å². The highest BCUT2D eigenvalue weighted by molar-refractivity contribution is 6.35. The Kier molecular flexibility index (Phi) is 2.84. The third kappa shape index (κ3) is 1.92. The number of pyridine rings is 2. The van der Waals surface area contributed by atoms with Crippen molar-refractivity contribution in [3.63, 3.8) is 0 Å². The molecular formula is C15H11ClN2O. The Morgan fingerprint density at radius 2 is 2.00 bits per heavy atom. The molecule has 0 fully saturated rings. The van der Waals surface area contributed by atoms with Crippen LogP contribution in [0.15, 0.2) is 53.5 Å². The summed E-state index contributed by atoms with van der Waals surface area (Å²) in [5, 5.41) is 1.84. The monoisotopic (exact) mass is 270 g/mol. The Morgan fingerprint density at radius 3 is 2.74 bits per heavy atom. The molecule has 0 spiro atoms. The molecule has 0 bridgehead atoms. The fourth-order valence-corrected chi connectivity index (χ4v) is 2.48. The van der Waals surface area contributed by atoms with Gasteiger partial charge in [0.05, 0.1) is 10.4 Å². The summed E-state index contributed by atoms with van der Waals surface area (Å²) in [7, 11) is 0. The molecule has 19 heavy (non-hydrogen) atoms. The van der Waals surface area contributed by atoms with Crippen LogP contribution in [0.5, 0.6) is 0 Å². The number of halogens is 1. The summed E-state index contributed by atoms with van der Waals surface area (Å²) in [6, 6.07) is 12.9. The van der Waals surface area contributed by atoms with Gasteiger partial charge in [0.1, 0.15) is 5.82 Å². The van der Waals surface area contributed by atoms with Gasteiger partial charge >= 0.3 is 0 Å². The number of aryl methyl sites for hydroxylation is 1. The largest absolute Gasteiger partial charge is 0.268 e. The maximum atomic E-state index is 12.6. The average Bonchev–Trinajstić information content (AvgIpc) is 2.39. The Balaban J connectivity index is 2.45. The van der Waals surface area contributed by atoms with Gasteiger partial charge < -0.3 is 0 Å². The molecule has 1 aromatic carbocycles. The number of rotatable bonds is 1. The first-order valence-electron chi connectivity index (χ1n) is 5.91. The van der Waals surface area contributed by atoms with Crippen LogP contribution in [0, 0.1) is 6.92 Å². The molecule has 2 heterocycles. The van der Waals surface area contributed by atoms with Crippen LogP contribution in [0.1, 0.15) is 5.69 Å². The number of aromatic nitrogens is 2. The highest BCUT2D eigenvalue weighted by atomic mass is 35.5. The highest BCUT2D eigenvalue weighted by Gasteiger charge is 2.11. The zero-order valence-corrected chi connectivity index (χ0v) is 11.1. The van der Waals surface area contributed by atoms with E-state index in [-0.39, 0.29) is 5.56 Å². The van der Waals surface area contributed by atoms with Crippen molar-refractivity contribution in [2.45, 2.75) is 6.92 Å². The van der Waals surface area contributed by atoms with Gasteiger partial charge in [0, 0.05) is 11.9 Å². The molecule has 0 aliphatic carbocycles. The molecule has 0 atom stereocenters. The zero-order valence-electron chi connectivity index (χ0n) is 10.3. The lowest BCUT2D eigenvalue weighted by Crippen LogP contribution is -2.21. The van der Waals surface area contributed by atoms with Gasteiger partial charge in [-0.15, -0.1) is 0 Å². The summed E-state index contributed by atoms with van der Waals surface area (Å²) < 4.78 is 1.58. The first-order chi connectivity index (χ1) is 9.18. The second kappa shape index (κ2) is 4.52. The van der Waals surface area contributed by atoms with E-state index >= 15 is 0 Å². The Morgan fingerprint density at radius 1 is 1.16 bits per heavy atom. The van der Waals surface area contributed by atoms with Gasteiger partial charge in [0.15, 0.2) is 0 Å². The number of hydrogen-bond acceptors (Lipinski definition) is 2. The van der Waals surface area contributed by atoms with E-state index in [0.29, 0.717) is 16.2 Å². The molecule has 3 rings (SSSR count). The van der Waals surface area contributed by atoms with Crippen LogP contribution in [0.25, 0.3) is 16.6 Å². The van der Waals surface area contributed by atoms with E-state index in [4.69, 9.17) is 11.6 Å². The van der Waals surface area contributed by atoms with E-state index in [1.54, 1.807) is 22.9 Å². The molecule has 0 unspecified atom stereocenters. The lowest BCUT2D eigenvalue weighted by atomic mass is 10.1. The zero-order chi connectivity index (χ0) is 13.4. The number of benzene rings is 1. The van der Waals surface area contributed by atoms with Gasteiger partial charge in [-0.3, -0.25) is 9.36 Å². The van der Waals surface area contributed by atoms with Gasteiger partial charge in [0.2, 0.25) is 0 Å². The molecule has 0 radical (unpaired) electrons. The fourth-order valence-electron chi connectivity index (χ4n) is 2.22. The first-order valence-corrected chi connectivity index (χ1v) is 6.28.